The van der Waals surface area contributed by atoms with Gasteiger partial charge in [0.1, 0.15) is 0 Å². The smallest absolute Gasteiger partial charge is 0.192 e. The van der Waals surface area contributed by atoms with E-state index < -0.39 is 6.78 Å². The van der Waals surface area contributed by atoms with Crippen LogP contribution >= 0.6 is 29.3 Å². The second-order valence-electron chi connectivity index (χ2n) is 3.56. The average molecular weight is 268 g/mol. The first-order valence-electron chi connectivity index (χ1n) is 4.89. The molecule has 0 aliphatic carbocycles. The monoisotopic (exact) mass is 267 g/mol. The molecule has 0 atom stereocenters. The number of halogens is 2. The van der Waals surface area contributed by atoms with E-state index in [0.717, 1.165) is 11.0 Å². The molecule has 0 amide bonds. The normalized spacial score (nSPS) is 11.7. The van der Waals surface area contributed by atoms with Crippen LogP contribution in [0.3, 0.4) is 0 Å². The van der Waals surface area contributed by atoms with Crippen LogP contribution < -0.4 is 0 Å². The Bertz CT molecular complexity index is 607. The summed E-state index contributed by atoms with van der Waals surface area (Å²) in [4.78, 5) is 0. The summed E-state index contributed by atoms with van der Waals surface area (Å²) in [5.74, 6) is 0. The lowest BCUT2D eigenvalue weighted by Gasteiger charge is -2.05. The molecule has 0 aliphatic heterocycles. The first-order valence-corrected chi connectivity index (χ1v) is 7.99. The van der Waals surface area contributed by atoms with Crippen LogP contribution in [0, 0.1) is 0 Å². The number of hydrogen-bond donors (Lipinski definition) is 0. The maximum atomic E-state index is 6.10. The molecule has 16 heavy (non-hydrogen) atoms. The molecule has 0 unspecified atom stereocenters. The van der Waals surface area contributed by atoms with Gasteiger partial charge in [-0.05, 0) is 12.1 Å². The van der Waals surface area contributed by atoms with Gasteiger partial charge in [0.25, 0.3) is 0 Å². The highest BCUT2D eigenvalue weighted by atomic mass is 35.9. The van der Waals surface area contributed by atoms with E-state index in [1.807, 2.05) is 28.6 Å². The number of rotatable bonds is 1. The third-order valence-corrected chi connectivity index (χ3v) is 4.35. The predicted octanol–water partition coefficient (Wildman–Crippen LogP) is 5.35. The molecule has 2 aromatic carbocycles. The van der Waals surface area contributed by atoms with Crippen LogP contribution in [-0.2, 0) is 0 Å². The maximum Gasteiger partial charge on any atom is 0.192 e. The van der Waals surface area contributed by atoms with Gasteiger partial charge >= 0.3 is 0 Å². The molecule has 80 valence electrons. The first-order chi connectivity index (χ1) is 7.79. The fraction of sp³-hybridized carbons (Fsp3) is 0. The molecular formula is C12H8Cl2NP. The summed E-state index contributed by atoms with van der Waals surface area (Å²) in [5, 5.41) is 2.40. The summed E-state index contributed by atoms with van der Waals surface area (Å²) in [7, 11) is 0. The quantitative estimate of drug-likeness (QED) is 0.524. The zero-order valence-electron chi connectivity index (χ0n) is 8.27. The Morgan fingerprint density at radius 3 is 1.62 bits per heavy atom. The van der Waals surface area contributed by atoms with Gasteiger partial charge in [0, 0.05) is 10.8 Å². The van der Waals surface area contributed by atoms with Crippen molar-refractivity contribution in [2.45, 2.75) is 0 Å². The fourth-order valence-electron chi connectivity index (χ4n) is 2.06. The van der Waals surface area contributed by atoms with Crippen LogP contribution in [0.1, 0.15) is 0 Å². The van der Waals surface area contributed by atoms with Crippen molar-refractivity contribution in [2.75, 3.05) is 0 Å². The molecule has 0 fully saturated rings. The summed E-state index contributed by atoms with van der Waals surface area (Å²) < 4.78 is 2.00. The van der Waals surface area contributed by atoms with Crippen molar-refractivity contribution in [3.63, 3.8) is 0 Å². The second kappa shape index (κ2) is 3.92. The number of para-hydroxylation sites is 2. The van der Waals surface area contributed by atoms with Gasteiger partial charge in [-0.15, -0.1) is 0 Å². The Hall–Kier alpha value is -0.750. The molecule has 1 heterocycles. The highest BCUT2D eigenvalue weighted by molar-refractivity contribution is 8.03. The molecule has 3 rings (SSSR count). The highest BCUT2D eigenvalue weighted by Crippen LogP contribution is 2.52. The highest BCUT2D eigenvalue weighted by Gasteiger charge is 2.13. The van der Waals surface area contributed by atoms with Gasteiger partial charge in [-0.2, -0.15) is 0 Å². The maximum absolute atomic E-state index is 6.10. The molecule has 1 nitrogen and oxygen atoms in total. The van der Waals surface area contributed by atoms with Gasteiger partial charge in [0.2, 0.25) is 0 Å². The molecule has 1 aromatic heterocycles. The summed E-state index contributed by atoms with van der Waals surface area (Å²) >= 11 is 12.2. The Labute approximate surface area is 104 Å². The van der Waals surface area contributed by atoms with Crippen molar-refractivity contribution in [3.05, 3.63) is 48.5 Å². The van der Waals surface area contributed by atoms with Crippen molar-refractivity contribution < 1.29 is 0 Å². The minimum absolute atomic E-state index is 1.10. The summed E-state index contributed by atoms with van der Waals surface area (Å²) in [5.41, 5.74) is 2.19. The van der Waals surface area contributed by atoms with Crippen molar-refractivity contribution >= 4 is 51.1 Å². The number of aromatic nitrogens is 1. The first kappa shape index (κ1) is 10.4. The lowest BCUT2D eigenvalue weighted by Crippen LogP contribution is -1.82. The number of hydrogen-bond acceptors (Lipinski definition) is 0. The lowest BCUT2D eigenvalue weighted by molar-refractivity contribution is 1.41. The fourth-order valence-corrected chi connectivity index (χ4v) is 3.72. The van der Waals surface area contributed by atoms with Crippen LogP contribution in [0.5, 0.6) is 0 Å². The second-order valence-corrected chi connectivity index (χ2v) is 6.83. The SMILES string of the molecule is ClP(Cl)n1c2ccccc2c2ccccc21. The standard InChI is InChI=1S/C12H8Cl2NP/c13-16(14)15-11-7-3-1-5-9(11)10-6-2-4-8-12(10)15/h1-8H. The van der Waals surface area contributed by atoms with Crippen LogP contribution in [0.2, 0.25) is 0 Å². The molecule has 0 spiro atoms. The Balaban J connectivity index is 2.59. The molecule has 0 saturated heterocycles. The minimum atomic E-state index is -1.20. The summed E-state index contributed by atoms with van der Waals surface area (Å²) in [6.07, 6.45) is 0. The van der Waals surface area contributed by atoms with E-state index in [9.17, 15) is 0 Å². The molecule has 0 bridgehead atoms. The molecule has 3 aromatic rings. The Morgan fingerprint density at radius 2 is 1.19 bits per heavy atom. The van der Waals surface area contributed by atoms with Crippen LogP contribution in [0.25, 0.3) is 21.8 Å². The van der Waals surface area contributed by atoms with E-state index >= 15 is 0 Å². The zero-order valence-corrected chi connectivity index (χ0v) is 10.7. The summed E-state index contributed by atoms with van der Waals surface area (Å²) in [6.45, 7) is -1.20. The molecule has 4 heteroatoms. The molecule has 0 saturated carbocycles. The largest absolute Gasteiger partial charge is 0.294 e. The minimum Gasteiger partial charge on any atom is -0.294 e. The van der Waals surface area contributed by atoms with E-state index in [1.54, 1.807) is 0 Å². The van der Waals surface area contributed by atoms with Crippen molar-refractivity contribution in [2.24, 2.45) is 0 Å². The molecule has 0 radical (unpaired) electrons. The van der Waals surface area contributed by atoms with E-state index in [-0.39, 0.29) is 0 Å². The van der Waals surface area contributed by atoms with Crippen molar-refractivity contribution in [3.8, 4) is 0 Å². The van der Waals surface area contributed by atoms with Gasteiger partial charge in [-0.3, -0.25) is 4.34 Å². The Kier molecular flexibility index (Phi) is 2.55. The average Bonchev–Trinajstić information content (AvgIpc) is 2.63. The Morgan fingerprint density at radius 1 is 0.750 bits per heavy atom. The lowest BCUT2D eigenvalue weighted by atomic mass is 10.2. The van der Waals surface area contributed by atoms with Gasteiger partial charge in [0.05, 0.1) is 11.0 Å². The van der Waals surface area contributed by atoms with E-state index in [0.29, 0.717) is 0 Å². The van der Waals surface area contributed by atoms with E-state index in [4.69, 9.17) is 22.5 Å². The predicted molar refractivity (Wildman–Crippen MR) is 73.5 cm³/mol. The van der Waals surface area contributed by atoms with Gasteiger partial charge < -0.3 is 0 Å². The van der Waals surface area contributed by atoms with Crippen LogP contribution in [0.4, 0.5) is 0 Å². The number of nitrogens with zero attached hydrogens (tertiary/aromatic N) is 1. The van der Waals surface area contributed by atoms with E-state index in [1.165, 1.54) is 10.8 Å². The molecule has 0 N–H and O–H groups in total. The topological polar surface area (TPSA) is 4.93 Å². The van der Waals surface area contributed by atoms with Crippen LogP contribution in [0.15, 0.2) is 48.5 Å². The van der Waals surface area contributed by atoms with Crippen molar-refractivity contribution in [1.82, 2.24) is 4.34 Å². The van der Waals surface area contributed by atoms with Gasteiger partial charge in [-0.1, -0.05) is 58.9 Å². The van der Waals surface area contributed by atoms with Crippen molar-refractivity contribution in [1.29, 1.82) is 0 Å². The number of benzene rings is 2. The van der Waals surface area contributed by atoms with E-state index in [2.05, 4.69) is 24.3 Å². The molecule has 0 aliphatic rings. The van der Waals surface area contributed by atoms with Gasteiger partial charge in [0.15, 0.2) is 6.78 Å². The third-order valence-electron chi connectivity index (χ3n) is 2.71. The zero-order chi connectivity index (χ0) is 11.1. The molecular weight excluding hydrogens is 260 g/mol. The third kappa shape index (κ3) is 1.43. The summed E-state index contributed by atoms with van der Waals surface area (Å²) in [6, 6.07) is 16.4. The number of fused-ring (bicyclic) bond motifs is 3. The van der Waals surface area contributed by atoms with Crippen LogP contribution in [-0.4, -0.2) is 4.34 Å². The van der Waals surface area contributed by atoms with Gasteiger partial charge in [-0.25, -0.2) is 0 Å².